The van der Waals surface area contributed by atoms with Gasteiger partial charge in [0.2, 0.25) is 0 Å². The maximum atomic E-state index is 13.5. The lowest BCUT2D eigenvalue weighted by Crippen LogP contribution is -2.19. The van der Waals surface area contributed by atoms with Crippen molar-refractivity contribution in [3.63, 3.8) is 0 Å². The average molecular weight is 306 g/mol. The zero-order chi connectivity index (χ0) is 15.8. The van der Waals surface area contributed by atoms with Gasteiger partial charge >= 0.3 is 0 Å². The summed E-state index contributed by atoms with van der Waals surface area (Å²) in [4.78, 5) is 4.57. The Bertz CT molecular complexity index is 700. The van der Waals surface area contributed by atoms with Crippen LogP contribution in [-0.2, 0) is 12.0 Å². The van der Waals surface area contributed by atoms with Gasteiger partial charge < -0.3 is 10.3 Å². The molecule has 2 rings (SSSR count). The summed E-state index contributed by atoms with van der Waals surface area (Å²) in [5, 5.41) is 0.299. The lowest BCUT2D eigenvalue weighted by molar-refractivity contribution is 0.517. The summed E-state index contributed by atoms with van der Waals surface area (Å²) < 4.78 is 15.3. The van der Waals surface area contributed by atoms with Crippen molar-refractivity contribution in [3.8, 4) is 23.6 Å². The summed E-state index contributed by atoms with van der Waals surface area (Å²) in [7, 11) is 0. The number of hydrogen-bond acceptors (Lipinski definition) is 2. The third-order valence-corrected chi connectivity index (χ3v) is 3.28. The van der Waals surface area contributed by atoms with Crippen molar-refractivity contribution >= 4 is 17.4 Å². The molecule has 0 fully saturated rings. The largest absolute Gasteiger partial charge is 0.383 e. The summed E-state index contributed by atoms with van der Waals surface area (Å²) in [5.74, 6) is 3.31. The van der Waals surface area contributed by atoms with Gasteiger partial charge in [-0.05, 0) is 18.2 Å². The topological polar surface area (TPSA) is 43.8 Å². The van der Waals surface area contributed by atoms with E-state index in [-0.39, 0.29) is 5.41 Å². The van der Waals surface area contributed by atoms with E-state index in [1.54, 1.807) is 10.6 Å². The van der Waals surface area contributed by atoms with Gasteiger partial charge in [-0.1, -0.05) is 38.3 Å². The molecule has 0 aliphatic heterocycles. The van der Waals surface area contributed by atoms with Crippen LogP contribution >= 0.6 is 11.6 Å². The summed E-state index contributed by atoms with van der Waals surface area (Å²) >= 11 is 5.90. The van der Waals surface area contributed by atoms with Crippen LogP contribution in [-0.4, -0.2) is 9.55 Å². The third kappa shape index (κ3) is 3.03. The number of hydrogen-bond donors (Lipinski definition) is 1. The molecule has 2 aromatic rings. The molecule has 1 aromatic heterocycles. The number of halogens is 2. The van der Waals surface area contributed by atoms with Gasteiger partial charge in [0, 0.05) is 16.0 Å². The first kappa shape index (κ1) is 15.4. The minimum Gasteiger partial charge on any atom is -0.383 e. The van der Waals surface area contributed by atoms with E-state index in [4.69, 9.17) is 23.8 Å². The Balaban J connectivity index is 2.68. The van der Waals surface area contributed by atoms with Crippen LogP contribution in [0.25, 0.3) is 11.3 Å². The molecule has 0 atom stereocenters. The van der Waals surface area contributed by atoms with Crippen molar-refractivity contribution in [2.24, 2.45) is 0 Å². The molecule has 0 amide bonds. The number of imidazole rings is 1. The normalized spacial score (nSPS) is 11.4. The Labute approximate surface area is 128 Å². The van der Waals surface area contributed by atoms with E-state index in [1.807, 2.05) is 20.8 Å². The molecule has 0 saturated heterocycles. The van der Waals surface area contributed by atoms with E-state index in [2.05, 4.69) is 10.9 Å². The number of terminal acetylenes is 1. The molecule has 0 aliphatic carbocycles. The Morgan fingerprint density at radius 3 is 2.57 bits per heavy atom. The van der Waals surface area contributed by atoms with Gasteiger partial charge in [-0.3, -0.25) is 0 Å². The van der Waals surface area contributed by atoms with Crippen LogP contribution in [0.1, 0.15) is 26.6 Å². The highest BCUT2D eigenvalue weighted by atomic mass is 35.5. The molecule has 0 aliphatic rings. The summed E-state index contributed by atoms with van der Waals surface area (Å²) in [6.45, 7) is 6.37. The van der Waals surface area contributed by atoms with Crippen LogP contribution in [0.3, 0.4) is 0 Å². The highest BCUT2D eigenvalue weighted by Crippen LogP contribution is 2.33. The van der Waals surface area contributed by atoms with Crippen molar-refractivity contribution in [2.45, 2.75) is 32.7 Å². The maximum Gasteiger partial charge on any atom is 0.132 e. The van der Waals surface area contributed by atoms with Crippen molar-refractivity contribution < 1.29 is 4.39 Å². The van der Waals surface area contributed by atoms with Crippen molar-refractivity contribution in [1.29, 1.82) is 0 Å². The predicted octanol–water partition coefficient (Wildman–Crippen LogP) is 3.86. The van der Waals surface area contributed by atoms with Crippen molar-refractivity contribution in [2.75, 3.05) is 5.73 Å². The number of rotatable bonds is 2. The minimum absolute atomic E-state index is 0.236. The van der Waals surface area contributed by atoms with E-state index < -0.39 is 5.82 Å². The SMILES string of the molecule is C#CCn1c(C(C)(C)C)nc(-c2cc(F)cc(Cl)c2)c1N. The van der Waals surface area contributed by atoms with Crippen LogP contribution in [0.15, 0.2) is 18.2 Å². The highest BCUT2D eigenvalue weighted by Gasteiger charge is 2.25. The molecule has 0 radical (unpaired) electrons. The Morgan fingerprint density at radius 2 is 2.05 bits per heavy atom. The second kappa shape index (κ2) is 5.42. The minimum atomic E-state index is -0.430. The Morgan fingerprint density at radius 1 is 1.38 bits per heavy atom. The number of nitrogen functional groups attached to an aromatic ring is 1. The van der Waals surface area contributed by atoms with E-state index >= 15 is 0 Å². The lowest BCUT2D eigenvalue weighted by atomic mass is 9.95. The van der Waals surface area contributed by atoms with E-state index in [0.29, 0.717) is 28.6 Å². The standard InChI is InChI=1S/C16H17ClFN3/c1-5-6-21-14(19)13(20-15(21)16(2,3)4)10-7-11(17)9-12(18)8-10/h1,7-9H,6,19H2,2-4H3. The smallest absolute Gasteiger partial charge is 0.132 e. The number of anilines is 1. The number of aromatic nitrogens is 2. The van der Waals surface area contributed by atoms with Gasteiger partial charge in [0.25, 0.3) is 0 Å². The van der Waals surface area contributed by atoms with Crippen LogP contribution in [0.5, 0.6) is 0 Å². The zero-order valence-corrected chi connectivity index (χ0v) is 13.0. The highest BCUT2D eigenvalue weighted by molar-refractivity contribution is 6.30. The van der Waals surface area contributed by atoms with Crippen LogP contribution in [0.2, 0.25) is 5.02 Å². The first-order valence-electron chi connectivity index (χ1n) is 6.50. The molecule has 2 N–H and O–H groups in total. The lowest BCUT2D eigenvalue weighted by Gasteiger charge is -2.18. The van der Waals surface area contributed by atoms with Gasteiger partial charge in [0.15, 0.2) is 0 Å². The fraction of sp³-hybridized carbons (Fsp3) is 0.312. The number of nitrogens with two attached hydrogens (primary N) is 1. The van der Waals surface area contributed by atoms with Gasteiger partial charge in [-0.2, -0.15) is 0 Å². The van der Waals surface area contributed by atoms with Gasteiger partial charge in [0.05, 0.1) is 6.54 Å². The molecular formula is C16H17ClFN3. The molecule has 110 valence electrons. The molecule has 0 bridgehead atoms. The maximum absolute atomic E-state index is 13.5. The zero-order valence-electron chi connectivity index (χ0n) is 12.2. The quantitative estimate of drug-likeness (QED) is 0.856. The average Bonchev–Trinajstić information content (AvgIpc) is 2.66. The summed E-state index contributed by atoms with van der Waals surface area (Å²) in [6, 6.07) is 4.23. The molecule has 0 unspecified atom stereocenters. The second-order valence-electron chi connectivity index (χ2n) is 5.87. The van der Waals surface area contributed by atoms with Crippen molar-refractivity contribution in [3.05, 3.63) is 34.9 Å². The second-order valence-corrected chi connectivity index (χ2v) is 6.30. The number of benzene rings is 1. The molecular weight excluding hydrogens is 289 g/mol. The molecule has 1 aromatic carbocycles. The Kier molecular flexibility index (Phi) is 3.97. The molecule has 1 heterocycles. The Hall–Kier alpha value is -1.99. The summed E-state index contributed by atoms with van der Waals surface area (Å²) in [6.07, 6.45) is 5.40. The van der Waals surface area contributed by atoms with Gasteiger partial charge in [0.1, 0.15) is 23.2 Å². The molecule has 5 heteroatoms. The third-order valence-electron chi connectivity index (χ3n) is 3.06. The van der Waals surface area contributed by atoms with E-state index in [9.17, 15) is 4.39 Å². The monoisotopic (exact) mass is 305 g/mol. The first-order chi connectivity index (χ1) is 9.74. The first-order valence-corrected chi connectivity index (χ1v) is 6.88. The van der Waals surface area contributed by atoms with Crippen molar-refractivity contribution in [1.82, 2.24) is 9.55 Å². The van der Waals surface area contributed by atoms with Crippen LogP contribution in [0.4, 0.5) is 10.2 Å². The van der Waals surface area contributed by atoms with E-state index in [0.717, 1.165) is 5.82 Å². The number of nitrogens with zero attached hydrogens (tertiary/aromatic N) is 2. The molecule has 0 saturated carbocycles. The molecule has 0 spiro atoms. The van der Waals surface area contributed by atoms with Crippen LogP contribution in [0, 0.1) is 18.2 Å². The molecule has 21 heavy (non-hydrogen) atoms. The fourth-order valence-corrected chi connectivity index (χ4v) is 2.41. The van der Waals surface area contributed by atoms with Gasteiger partial charge in [-0.25, -0.2) is 9.37 Å². The summed E-state index contributed by atoms with van der Waals surface area (Å²) in [5.41, 5.74) is 6.96. The fourth-order valence-electron chi connectivity index (χ4n) is 2.19. The molecule has 3 nitrogen and oxygen atoms in total. The van der Waals surface area contributed by atoms with Crippen LogP contribution < -0.4 is 5.73 Å². The predicted molar refractivity (Wildman–Crippen MR) is 84.6 cm³/mol. The van der Waals surface area contributed by atoms with E-state index in [1.165, 1.54) is 12.1 Å². The van der Waals surface area contributed by atoms with Gasteiger partial charge in [-0.15, -0.1) is 6.42 Å².